The van der Waals surface area contributed by atoms with Crippen LogP contribution in [0.15, 0.2) is 91.0 Å². The third kappa shape index (κ3) is 5.37. The second kappa shape index (κ2) is 11.6. The van der Waals surface area contributed by atoms with Crippen LogP contribution >= 0.6 is 0 Å². The smallest absolute Gasteiger partial charge is 0.152 e. The Morgan fingerprint density at radius 3 is 0.833 bits per heavy atom. The lowest BCUT2D eigenvalue weighted by Gasteiger charge is -2.11. The van der Waals surface area contributed by atoms with Crippen molar-refractivity contribution in [1.82, 2.24) is 0 Å². The lowest BCUT2D eigenvalue weighted by atomic mass is 9.87. The molecule has 0 radical (unpaired) electrons. The molecule has 0 aliphatic carbocycles. The van der Waals surface area contributed by atoms with Gasteiger partial charge >= 0.3 is 0 Å². The first-order valence-electron chi connectivity index (χ1n) is 11.1. The molecule has 0 saturated carbocycles. The summed E-state index contributed by atoms with van der Waals surface area (Å²) in [6.45, 7) is 0. The molecule has 0 spiro atoms. The Morgan fingerprint density at radius 1 is 0.361 bits per heavy atom. The van der Waals surface area contributed by atoms with E-state index in [9.17, 15) is 14.4 Å². The third-order valence-electron chi connectivity index (χ3n) is 5.29. The highest BCUT2D eigenvalue weighted by Gasteiger charge is 2.21. The summed E-state index contributed by atoms with van der Waals surface area (Å²) < 4.78 is 0. The molecule has 36 heavy (non-hydrogen) atoms. The summed E-state index contributed by atoms with van der Waals surface area (Å²) in [7, 11) is 0. The minimum Gasteiger partial charge on any atom is -0.298 e. The Bertz CT molecular complexity index is 1400. The predicted octanol–water partition coefficient (Wildman–Crippen LogP) is 5.32. The van der Waals surface area contributed by atoms with Crippen molar-refractivity contribution < 1.29 is 14.4 Å². The molecule has 168 valence electrons. The predicted molar refractivity (Wildman–Crippen MR) is 140 cm³/mol. The van der Waals surface area contributed by atoms with E-state index < -0.39 is 0 Å². The van der Waals surface area contributed by atoms with E-state index in [1.807, 2.05) is 91.0 Å². The Kier molecular flexibility index (Phi) is 7.66. The zero-order valence-corrected chi connectivity index (χ0v) is 19.1. The van der Waals surface area contributed by atoms with Gasteiger partial charge in [-0.25, -0.2) is 0 Å². The fraction of sp³-hybridized carbons (Fsp3) is 0. The van der Waals surface area contributed by atoms with Gasteiger partial charge in [0.15, 0.2) is 18.9 Å². The van der Waals surface area contributed by atoms with Gasteiger partial charge in [0, 0.05) is 50.1 Å². The van der Waals surface area contributed by atoms with E-state index in [1.54, 1.807) is 0 Å². The Balaban J connectivity index is 2.04. The Morgan fingerprint density at radius 2 is 0.611 bits per heavy atom. The van der Waals surface area contributed by atoms with E-state index in [0.29, 0.717) is 35.5 Å². The molecular weight excluding hydrogens is 444 g/mol. The molecule has 0 bridgehead atoms. The highest BCUT2D eigenvalue weighted by Crippen LogP contribution is 2.25. The van der Waals surface area contributed by atoms with Crippen LogP contribution in [0.3, 0.4) is 0 Å². The molecule has 0 heterocycles. The molecule has 0 amide bonds. The lowest BCUT2D eigenvalue weighted by molar-refractivity contribution is 0.112. The first-order valence-corrected chi connectivity index (χ1v) is 11.1. The minimum atomic E-state index is 0.0799. The second-order valence-corrected chi connectivity index (χ2v) is 7.57. The Labute approximate surface area is 209 Å². The van der Waals surface area contributed by atoms with E-state index in [-0.39, 0.29) is 33.4 Å². The number of hydrogen-bond acceptors (Lipinski definition) is 3. The molecule has 0 aromatic heterocycles. The molecule has 4 aromatic rings. The molecule has 0 aliphatic heterocycles. The zero-order valence-electron chi connectivity index (χ0n) is 19.1. The van der Waals surface area contributed by atoms with Crippen LogP contribution in [0.1, 0.15) is 64.5 Å². The van der Waals surface area contributed by atoms with Gasteiger partial charge in [0.05, 0.1) is 0 Å². The SMILES string of the molecule is O=Cc1c(C#Cc2ccccc2)c(C=O)c(C#Cc2ccccc2)c(C=O)c1C#Cc1ccccc1. The molecule has 0 N–H and O–H groups in total. The second-order valence-electron chi connectivity index (χ2n) is 7.57. The number of aldehydes is 3. The fourth-order valence-corrected chi connectivity index (χ4v) is 3.54. The average molecular weight is 463 g/mol. The van der Waals surface area contributed by atoms with E-state index >= 15 is 0 Å². The summed E-state index contributed by atoms with van der Waals surface area (Å²) in [4.78, 5) is 36.9. The standard InChI is InChI=1S/C33H18O3/c34-22-31-28(19-16-25-10-4-1-5-11-25)32(23-35)30(21-18-27-14-8-3-9-15-27)33(24-36)29(31)20-17-26-12-6-2-7-13-26/h1-15,22-24H. The van der Waals surface area contributed by atoms with Crippen LogP contribution in [-0.4, -0.2) is 18.9 Å². The summed E-state index contributed by atoms with van der Waals surface area (Å²) in [6, 6.07) is 27.6. The van der Waals surface area contributed by atoms with Gasteiger partial charge in [0.2, 0.25) is 0 Å². The van der Waals surface area contributed by atoms with Gasteiger partial charge in [-0.05, 0) is 36.4 Å². The highest BCUT2D eigenvalue weighted by atomic mass is 16.1. The van der Waals surface area contributed by atoms with Crippen molar-refractivity contribution in [2.45, 2.75) is 0 Å². The molecule has 0 saturated heterocycles. The number of carbonyl (C=O) groups is 3. The van der Waals surface area contributed by atoms with Gasteiger partial charge in [-0.15, -0.1) is 0 Å². The molecule has 0 atom stereocenters. The lowest BCUT2D eigenvalue weighted by Crippen LogP contribution is -2.08. The number of hydrogen-bond donors (Lipinski definition) is 0. The maximum Gasteiger partial charge on any atom is 0.152 e. The van der Waals surface area contributed by atoms with Gasteiger partial charge in [-0.3, -0.25) is 14.4 Å². The summed E-state index contributed by atoms with van der Waals surface area (Å²) in [5, 5.41) is 0. The van der Waals surface area contributed by atoms with Crippen LogP contribution in [0, 0.1) is 35.5 Å². The summed E-state index contributed by atoms with van der Waals surface area (Å²) >= 11 is 0. The van der Waals surface area contributed by atoms with Crippen LogP contribution in [-0.2, 0) is 0 Å². The van der Waals surface area contributed by atoms with E-state index in [2.05, 4.69) is 35.5 Å². The van der Waals surface area contributed by atoms with E-state index in [1.165, 1.54) is 0 Å². The van der Waals surface area contributed by atoms with Crippen LogP contribution in [0.2, 0.25) is 0 Å². The van der Waals surface area contributed by atoms with Crippen molar-refractivity contribution in [1.29, 1.82) is 0 Å². The summed E-state index contributed by atoms with van der Waals surface area (Å²) in [6.07, 6.45) is 1.75. The topological polar surface area (TPSA) is 51.2 Å². The largest absolute Gasteiger partial charge is 0.298 e. The molecule has 4 rings (SSSR count). The fourth-order valence-electron chi connectivity index (χ4n) is 3.54. The normalized spacial score (nSPS) is 9.33. The van der Waals surface area contributed by atoms with Gasteiger partial charge < -0.3 is 0 Å². The maximum absolute atomic E-state index is 12.3. The average Bonchev–Trinajstić information content (AvgIpc) is 2.94. The maximum atomic E-state index is 12.3. The summed E-state index contributed by atoms with van der Waals surface area (Å²) in [5.74, 6) is 17.9. The summed E-state index contributed by atoms with van der Waals surface area (Å²) in [5.41, 5.74) is 2.92. The highest BCUT2D eigenvalue weighted by molar-refractivity contribution is 6.00. The molecule has 0 fully saturated rings. The van der Waals surface area contributed by atoms with Crippen LogP contribution in [0.5, 0.6) is 0 Å². The molecule has 3 heteroatoms. The monoisotopic (exact) mass is 462 g/mol. The molecule has 0 aliphatic rings. The molecule has 0 unspecified atom stereocenters. The number of carbonyl (C=O) groups excluding carboxylic acids is 3. The van der Waals surface area contributed by atoms with Gasteiger partial charge in [-0.1, -0.05) is 90.1 Å². The van der Waals surface area contributed by atoms with Crippen molar-refractivity contribution in [2.24, 2.45) is 0 Å². The van der Waals surface area contributed by atoms with E-state index in [4.69, 9.17) is 0 Å². The molecule has 4 aromatic carbocycles. The molecule has 3 nitrogen and oxygen atoms in total. The first-order chi connectivity index (χ1) is 17.7. The minimum absolute atomic E-state index is 0.0799. The zero-order chi connectivity index (χ0) is 25.2. The van der Waals surface area contributed by atoms with Crippen molar-refractivity contribution in [3.63, 3.8) is 0 Å². The number of benzene rings is 4. The van der Waals surface area contributed by atoms with Crippen molar-refractivity contribution in [3.8, 4) is 35.5 Å². The molecular formula is C33H18O3. The van der Waals surface area contributed by atoms with Crippen LogP contribution in [0.4, 0.5) is 0 Å². The Hall–Kier alpha value is -5.43. The van der Waals surface area contributed by atoms with Crippen LogP contribution < -0.4 is 0 Å². The van der Waals surface area contributed by atoms with E-state index in [0.717, 1.165) is 0 Å². The van der Waals surface area contributed by atoms with Crippen molar-refractivity contribution in [2.75, 3.05) is 0 Å². The van der Waals surface area contributed by atoms with Gasteiger partial charge in [0.25, 0.3) is 0 Å². The number of rotatable bonds is 3. The van der Waals surface area contributed by atoms with Gasteiger partial charge in [0.1, 0.15) is 0 Å². The van der Waals surface area contributed by atoms with Crippen molar-refractivity contribution >= 4 is 18.9 Å². The quantitative estimate of drug-likeness (QED) is 0.306. The van der Waals surface area contributed by atoms with Crippen molar-refractivity contribution in [3.05, 3.63) is 141 Å². The van der Waals surface area contributed by atoms with Crippen LogP contribution in [0.25, 0.3) is 0 Å². The first kappa shape index (κ1) is 23.7. The third-order valence-corrected chi connectivity index (χ3v) is 5.29. The van der Waals surface area contributed by atoms with Gasteiger partial charge in [-0.2, -0.15) is 0 Å².